The number of hydrogen-bond acceptors (Lipinski definition) is 3. The number of rotatable bonds is 5. The second kappa shape index (κ2) is 5.69. The Morgan fingerprint density at radius 3 is 2.61 bits per heavy atom. The van der Waals surface area contributed by atoms with E-state index in [1.165, 1.54) is 0 Å². The quantitative estimate of drug-likeness (QED) is 0.880. The van der Waals surface area contributed by atoms with E-state index in [-0.39, 0.29) is 6.04 Å². The van der Waals surface area contributed by atoms with E-state index in [9.17, 15) is 0 Å². The van der Waals surface area contributed by atoms with E-state index in [1.807, 2.05) is 42.1 Å². The monoisotopic (exact) mass is 245 g/mol. The summed E-state index contributed by atoms with van der Waals surface area (Å²) >= 11 is 0. The molecule has 4 nitrogen and oxygen atoms in total. The number of imidazole rings is 1. The van der Waals surface area contributed by atoms with Crippen molar-refractivity contribution in [2.45, 2.75) is 26.0 Å². The summed E-state index contributed by atoms with van der Waals surface area (Å²) in [5.41, 5.74) is 7.10. The maximum Gasteiger partial charge on any atom is 0.146 e. The number of aromatic nitrogens is 2. The molecular weight excluding hydrogens is 226 g/mol. The number of nitrogens with two attached hydrogens (primary N) is 1. The first kappa shape index (κ1) is 12.6. The molecule has 2 aromatic rings. The molecule has 0 radical (unpaired) electrons. The molecule has 18 heavy (non-hydrogen) atoms. The summed E-state index contributed by atoms with van der Waals surface area (Å²) in [6.07, 6.45) is 4.61. The fourth-order valence-corrected chi connectivity index (χ4v) is 1.73. The molecule has 4 heteroatoms. The van der Waals surface area contributed by atoms with Crippen LogP contribution >= 0.6 is 0 Å². The maximum atomic E-state index is 5.96. The lowest BCUT2D eigenvalue weighted by Gasteiger charge is -2.10. The summed E-state index contributed by atoms with van der Waals surface area (Å²) in [4.78, 5) is 4.21. The van der Waals surface area contributed by atoms with E-state index in [0.29, 0.717) is 6.61 Å². The molecule has 2 rings (SSSR count). The Bertz CT molecular complexity index is 490. The summed E-state index contributed by atoms with van der Waals surface area (Å²) in [5, 5.41) is 0. The van der Waals surface area contributed by atoms with Crippen LogP contribution in [0.3, 0.4) is 0 Å². The lowest BCUT2D eigenvalue weighted by Crippen LogP contribution is -2.08. The van der Waals surface area contributed by atoms with Gasteiger partial charge < -0.3 is 15.0 Å². The van der Waals surface area contributed by atoms with Gasteiger partial charge in [-0.2, -0.15) is 0 Å². The van der Waals surface area contributed by atoms with Gasteiger partial charge >= 0.3 is 0 Å². The fraction of sp³-hybridized carbons (Fsp3) is 0.357. The lowest BCUT2D eigenvalue weighted by atomic mass is 10.1. The lowest BCUT2D eigenvalue weighted by molar-refractivity contribution is 0.291. The summed E-state index contributed by atoms with van der Waals surface area (Å²) in [5.74, 6) is 1.74. The van der Waals surface area contributed by atoms with E-state index in [4.69, 9.17) is 10.5 Å². The molecule has 0 saturated heterocycles. The molecule has 0 aliphatic heterocycles. The minimum atomic E-state index is 0.105. The second-order valence-electron chi connectivity index (χ2n) is 4.33. The Hall–Kier alpha value is -1.81. The number of hydrogen-bond donors (Lipinski definition) is 1. The van der Waals surface area contributed by atoms with Crippen LogP contribution in [0.1, 0.15) is 30.8 Å². The van der Waals surface area contributed by atoms with E-state index in [1.54, 1.807) is 6.20 Å². The van der Waals surface area contributed by atoms with Crippen molar-refractivity contribution in [2.75, 3.05) is 0 Å². The predicted octanol–water partition coefficient (Wildman–Crippen LogP) is 2.41. The first-order valence-corrected chi connectivity index (χ1v) is 6.15. The SMILES string of the molecule is CCC(N)c1ccc(OCc2nccn2C)cc1. The highest BCUT2D eigenvalue weighted by molar-refractivity contribution is 5.29. The third-order valence-corrected chi connectivity index (χ3v) is 3.04. The summed E-state index contributed by atoms with van der Waals surface area (Å²) in [6.45, 7) is 2.55. The third-order valence-electron chi connectivity index (χ3n) is 3.04. The number of ether oxygens (including phenoxy) is 1. The number of nitrogens with zero attached hydrogens (tertiary/aromatic N) is 2. The molecule has 0 aliphatic carbocycles. The van der Waals surface area contributed by atoms with Crippen molar-refractivity contribution in [1.82, 2.24) is 9.55 Å². The van der Waals surface area contributed by atoms with Gasteiger partial charge in [0, 0.05) is 25.5 Å². The molecule has 0 aliphatic rings. The topological polar surface area (TPSA) is 53.1 Å². The van der Waals surface area contributed by atoms with Crippen molar-refractivity contribution < 1.29 is 4.74 Å². The highest BCUT2D eigenvalue weighted by Gasteiger charge is 2.04. The number of aryl methyl sites for hydroxylation is 1. The first-order valence-electron chi connectivity index (χ1n) is 6.15. The summed E-state index contributed by atoms with van der Waals surface area (Å²) < 4.78 is 7.62. The molecule has 1 atom stereocenters. The Labute approximate surface area is 107 Å². The van der Waals surface area contributed by atoms with Gasteiger partial charge in [-0.05, 0) is 24.1 Å². The van der Waals surface area contributed by atoms with E-state index in [2.05, 4.69) is 11.9 Å². The zero-order valence-electron chi connectivity index (χ0n) is 10.8. The standard InChI is InChI=1S/C14H19N3O/c1-3-13(15)11-4-6-12(7-5-11)18-10-14-16-8-9-17(14)2/h4-9,13H,3,10,15H2,1-2H3. The zero-order chi connectivity index (χ0) is 13.0. The van der Waals surface area contributed by atoms with Crippen molar-refractivity contribution in [3.8, 4) is 5.75 Å². The molecular formula is C14H19N3O. The molecule has 0 amide bonds. The normalized spacial score (nSPS) is 12.4. The van der Waals surface area contributed by atoms with Gasteiger partial charge in [-0.15, -0.1) is 0 Å². The van der Waals surface area contributed by atoms with Crippen LogP contribution in [0.4, 0.5) is 0 Å². The van der Waals surface area contributed by atoms with Gasteiger partial charge in [0.25, 0.3) is 0 Å². The van der Waals surface area contributed by atoms with Crippen LogP contribution in [0.15, 0.2) is 36.7 Å². The molecule has 1 aromatic carbocycles. The summed E-state index contributed by atoms with van der Waals surface area (Å²) in [6, 6.07) is 8.04. The van der Waals surface area contributed by atoms with Gasteiger partial charge in [-0.25, -0.2) is 4.98 Å². The molecule has 0 spiro atoms. The molecule has 96 valence electrons. The van der Waals surface area contributed by atoms with Crippen molar-refractivity contribution in [3.63, 3.8) is 0 Å². The van der Waals surface area contributed by atoms with E-state index < -0.39 is 0 Å². The smallest absolute Gasteiger partial charge is 0.146 e. The van der Waals surface area contributed by atoms with Gasteiger partial charge in [0.15, 0.2) is 0 Å². The van der Waals surface area contributed by atoms with Crippen molar-refractivity contribution >= 4 is 0 Å². The highest BCUT2D eigenvalue weighted by atomic mass is 16.5. The van der Waals surface area contributed by atoms with Gasteiger partial charge in [-0.3, -0.25) is 0 Å². The summed E-state index contributed by atoms with van der Waals surface area (Å²) in [7, 11) is 1.95. The van der Waals surface area contributed by atoms with Gasteiger partial charge in [-0.1, -0.05) is 19.1 Å². The molecule has 0 fully saturated rings. The van der Waals surface area contributed by atoms with Crippen LogP contribution in [0.5, 0.6) is 5.75 Å². The van der Waals surface area contributed by atoms with Crippen LogP contribution in [-0.4, -0.2) is 9.55 Å². The average molecular weight is 245 g/mol. The minimum absolute atomic E-state index is 0.105. The van der Waals surface area contributed by atoms with Crippen LogP contribution < -0.4 is 10.5 Å². The maximum absolute atomic E-state index is 5.96. The van der Waals surface area contributed by atoms with Crippen LogP contribution in [0, 0.1) is 0 Å². The van der Waals surface area contributed by atoms with E-state index >= 15 is 0 Å². The van der Waals surface area contributed by atoms with E-state index in [0.717, 1.165) is 23.6 Å². The van der Waals surface area contributed by atoms with Crippen molar-refractivity contribution in [2.24, 2.45) is 12.8 Å². The van der Waals surface area contributed by atoms with Crippen LogP contribution in [-0.2, 0) is 13.7 Å². The Morgan fingerprint density at radius 2 is 2.06 bits per heavy atom. The average Bonchev–Trinajstić information content (AvgIpc) is 2.81. The Kier molecular flexibility index (Phi) is 3.99. The fourth-order valence-electron chi connectivity index (χ4n) is 1.73. The Morgan fingerprint density at radius 1 is 1.33 bits per heavy atom. The molecule has 1 heterocycles. The van der Waals surface area contributed by atoms with Crippen molar-refractivity contribution in [1.29, 1.82) is 0 Å². The van der Waals surface area contributed by atoms with Gasteiger partial charge in [0.2, 0.25) is 0 Å². The molecule has 0 saturated carbocycles. The molecule has 1 aromatic heterocycles. The third kappa shape index (κ3) is 2.90. The second-order valence-corrected chi connectivity index (χ2v) is 4.33. The largest absolute Gasteiger partial charge is 0.486 e. The first-order chi connectivity index (χ1) is 8.70. The molecule has 1 unspecified atom stereocenters. The predicted molar refractivity (Wildman–Crippen MR) is 71.2 cm³/mol. The zero-order valence-corrected chi connectivity index (χ0v) is 10.8. The minimum Gasteiger partial charge on any atom is -0.486 e. The molecule has 2 N–H and O–H groups in total. The van der Waals surface area contributed by atoms with Crippen molar-refractivity contribution in [3.05, 3.63) is 48.0 Å². The van der Waals surface area contributed by atoms with Gasteiger partial charge in [0.05, 0.1) is 0 Å². The van der Waals surface area contributed by atoms with Crippen LogP contribution in [0.2, 0.25) is 0 Å². The van der Waals surface area contributed by atoms with Crippen LogP contribution in [0.25, 0.3) is 0 Å². The highest BCUT2D eigenvalue weighted by Crippen LogP contribution is 2.18. The molecule has 0 bridgehead atoms. The van der Waals surface area contributed by atoms with Gasteiger partial charge in [0.1, 0.15) is 18.2 Å². The Balaban J connectivity index is 1.96. The number of benzene rings is 1.